The maximum atomic E-state index is 13.0. The maximum Gasteiger partial charge on any atom is 0.331 e. The smallest absolute Gasteiger partial charge is 0.331 e. The largest absolute Gasteiger partial charge is 0.355 e. The van der Waals surface area contributed by atoms with Gasteiger partial charge in [0.1, 0.15) is 6.54 Å². The van der Waals surface area contributed by atoms with Gasteiger partial charge < -0.3 is 5.32 Å². The topological polar surface area (TPSA) is 73.1 Å². The molecule has 140 valence electrons. The molecule has 3 rings (SSSR count). The van der Waals surface area contributed by atoms with E-state index in [-0.39, 0.29) is 24.6 Å². The summed E-state index contributed by atoms with van der Waals surface area (Å²) in [4.78, 5) is 38.0. The highest BCUT2D eigenvalue weighted by atomic mass is 16.2. The Bertz CT molecular complexity index is 1050. The molecule has 1 heterocycles. The lowest BCUT2D eigenvalue weighted by Crippen LogP contribution is -2.43. The van der Waals surface area contributed by atoms with E-state index in [0.29, 0.717) is 23.9 Å². The van der Waals surface area contributed by atoms with Crippen molar-refractivity contribution >= 4 is 16.8 Å². The summed E-state index contributed by atoms with van der Waals surface area (Å²) in [5.74, 6) is -0.239. The van der Waals surface area contributed by atoms with Gasteiger partial charge in [0.25, 0.3) is 5.56 Å². The third-order valence-electron chi connectivity index (χ3n) is 4.47. The highest BCUT2D eigenvalue weighted by Gasteiger charge is 2.15. The highest BCUT2D eigenvalue weighted by molar-refractivity contribution is 5.81. The predicted molar refractivity (Wildman–Crippen MR) is 106 cm³/mol. The van der Waals surface area contributed by atoms with Crippen LogP contribution in [0.4, 0.5) is 0 Å². The molecule has 1 amide bonds. The molecule has 0 atom stereocenters. The number of aryl methyl sites for hydroxylation is 1. The fourth-order valence-electron chi connectivity index (χ4n) is 3.07. The average molecular weight is 365 g/mol. The Morgan fingerprint density at radius 2 is 1.67 bits per heavy atom. The molecular weight excluding hydrogens is 342 g/mol. The van der Waals surface area contributed by atoms with Crippen molar-refractivity contribution in [2.24, 2.45) is 0 Å². The first kappa shape index (κ1) is 18.6. The molecule has 0 radical (unpaired) electrons. The van der Waals surface area contributed by atoms with Gasteiger partial charge in [-0.25, -0.2) is 4.79 Å². The molecule has 6 nitrogen and oxygen atoms in total. The van der Waals surface area contributed by atoms with Gasteiger partial charge in [0, 0.05) is 13.1 Å². The normalized spacial score (nSPS) is 10.9. The minimum absolute atomic E-state index is 0.106. The summed E-state index contributed by atoms with van der Waals surface area (Å²) < 4.78 is 2.61. The lowest BCUT2D eigenvalue weighted by Gasteiger charge is -2.14. The third-order valence-corrected chi connectivity index (χ3v) is 4.47. The lowest BCUT2D eigenvalue weighted by atomic mass is 10.1. The monoisotopic (exact) mass is 365 g/mol. The van der Waals surface area contributed by atoms with Gasteiger partial charge in [0.05, 0.1) is 10.9 Å². The first-order chi connectivity index (χ1) is 13.1. The van der Waals surface area contributed by atoms with Crippen LogP contribution in [0.1, 0.15) is 18.9 Å². The Kier molecular flexibility index (Phi) is 5.86. The van der Waals surface area contributed by atoms with Crippen LogP contribution in [0.15, 0.2) is 64.2 Å². The molecule has 0 bridgehead atoms. The highest BCUT2D eigenvalue weighted by Crippen LogP contribution is 2.08. The molecule has 0 aliphatic carbocycles. The number of amides is 1. The van der Waals surface area contributed by atoms with Crippen molar-refractivity contribution in [3.8, 4) is 0 Å². The minimum Gasteiger partial charge on any atom is -0.355 e. The first-order valence-electron chi connectivity index (χ1n) is 9.15. The van der Waals surface area contributed by atoms with Gasteiger partial charge in [-0.1, -0.05) is 49.4 Å². The van der Waals surface area contributed by atoms with E-state index in [1.54, 1.807) is 24.3 Å². The number of fused-ring (bicyclic) bond motifs is 1. The van der Waals surface area contributed by atoms with E-state index in [4.69, 9.17) is 0 Å². The van der Waals surface area contributed by atoms with E-state index in [9.17, 15) is 14.4 Å². The number of nitrogens with one attached hydrogen (secondary N) is 1. The van der Waals surface area contributed by atoms with Crippen molar-refractivity contribution in [1.29, 1.82) is 0 Å². The van der Waals surface area contributed by atoms with Gasteiger partial charge in [0.15, 0.2) is 0 Å². The average Bonchev–Trinajstić information content (AvgIpc) is 2.70. The van der Waals surface area contributed by atoms with Gasteiger partial charge in [0.2, 0.25) is 5.91 Å². The van der Waals surface area contributed by atoms with Crippen molar-refractivity contribution in [3.63, 3.8) is 0 Å². The Morgan fingerprint density at radius 1 is 0.963 bits per heavy atom. The van der Waals surface area contributed by atoms with Crippen LogP contribution in [0.5, 0.6) is 0 Å². The second-order valence-electron chi connectivity index (χ2n) is 6.43. The molecule has 0 saturated carbocycles. The first-order valence-corrected chi connectivity index (χ1v) is 9.15. The number of carbonyl (C=O) groups is 1. The van der Waals surface area contributed by atoms with Crippen molar-refractivity contribution < 1.29 is 4.79 Å². The number of carbonyl (C=O) groups excluding carboxylic acids is 1. The number of nitrogens with zero attached hydrogens (tertiary/aromatic N) is 2. The van der Waals surface area contributed by atoms with Crippen LogP contribution >= 0.6 is 0 Å². The molecule has 0 aliphatic rings. The molecule has 2 aromatic carbocycles. The zero-order valence-corrected chi connectivity index (χ0v) is 15.4. The summed E-state index contributed by atoms with van der Waals surface area (Å²) in [5, 5.41) is 3.22. The molecule has 0 fully saturated rings. The van der Waals surface area contributed by atoms with Gasteiger partial charge in [-0.2, -0.15) is 0 Å². The van der Waals surface area contributed by atoms with Crippen LogP contribution in [0.2, 0.25) is 0 Å². The molecule has 1 N–H and O–H groups in total. The van der Waals surface area contributed by atoms with Crippen LogP contribution in [-0.4, -0.2) is 21.6 Å². The Balaban J connectivity index is 2.02. The second-order valence-corrected chi connectivity index (χ2v) is 6.43. The predicted octanol–water partition coefficient (Wildman–Crippen LogP) is 1.93. The van der Waals surface area contributed by atoms with Crippen molar-refractivity contribution in [1.82, 2.24) is 14.5 Å². The molecular formula is C21H23N3O3. The fraction of sp³-hybridized carbons (Fsp3) is 0.286. The minimum atomic E-state index is -0.457. The van der Waals surface area contributed by atoms with E-state index in [1.165, 1.54) is 9.13 Å². The van der Waals surface area contributed by atoms with Gasteiger partial charge in [-0.3, -0.25) is 18.7 Å². The number of rotatable bonds is 7. The Labute approximate surface area is 157 Å². The van der Waals surface area contributed by atoms with Crippen LogP contribution in [0.3, 0.4) is 0 Å². The molecule has 0 spiro atoms. The van der Waals surface area contributed by atoms with Gasteiger partial charge >= 0.3 is 5.69 Å². The van der Waals surface area contributed by atoms with E-state index in [1.807, 2.05) is 37.3 Å². The fourth-order valence-corrected chi connectivity index (χ4v) is 3.07. The quantitative estimate of drug-likeness (QED) is 0.695. The molecule has 27 heavy (non-hydrogen) atoms. The number of para-hydroxylation sites is 1. The Morgan fingerprint density at radius 3 is 2.41 bits per heavy atom. The second kappa shape index (κ2) is 8.49. The van der Waals surface area contributed by atoms with Crippen LogP contribution in [-0.2, 0) is 24.3 Å². The summed E-state index contributed by atoms with van der Waals surface area (Å²) in [7, 11) is 0. The van der Waals surface area contributed by atoms with E-state index in [2.05, 4.69) is 5.32 Å². The van der Waals surface area contributed by atoms with Gasteiger partial charge in [-0.15, -0.1) is 0 Å². The number of benzene rings is 2. The molecule has 0 unspecified atom stereocenters. The van der Waals surface area contributed by atoms with Gasteiger partial charge in [-0.05, 0) is 30.5 Å². The van der Waals surface area contributed by atoms with Crippen molar-refractivity contribution in [2.75, 3.05) is 6.54 Å². The molecule has 1 aromatic heterocycles. The zero-order chi connectivity index (χ0) is 19.2. The van der Waals surface area contributed by atoms with Crippen molar-refractivity contribution in [2.45, 2.75) is 32.9 Å². The molecule has 6 heteroatoms. The summed E-state index contributed by atoms with van der Waals surface area (Å²) in [5.41, 5.74) is 0.748. The summed E-state index contributed by atoms with van der Waals surface area (Å²) in [6.07, 6.45) is 1.38. The third kappa shape index (κ3) is 4.16. The SMILES string of the molecule is CCCNC(=O)Cn1c(=O)n(CCc2ccccc2)c(=O)c2ccccc21. The maximum absolute atomic E-state index is 13.0. The van der Waals surface area contributed by atoms with Crippen LogP contribution in [0.25, 0.3) is 10.9 Å². The van der Waals surface area contributed by atoms with E-state index in [0.717, 1.165) is 12.0 Å². The van der Waals surface area contributed by atoms with Crippen LogP contribution in [0, 0.1) is 0 Å². The molecule has 0 aliphatic heterocycles. The summed E-state index contributed by atoms with van der Waals surface area (Å²) in [6.45, 7) is 2.68. The summed E-state index contributed by atoms with van der Waals surface area (Å²) >= 11 is 0. The number of hydrogen-bond donors (Lipinski definition) is 1. The molecule has 0 saturated heterocycles. The zero-order valence-electron chi connectivity index (χ0n) is 15.4. The van der Waals surface area contributed by atoms with E-state index >= 15 is 0 Å². The standard InChI is InChI=1S/C21H23N3O3/c1-2-13-22-19(25)15-24-18-11-7-6-10-17(18)20(26)23(21(24)27)14-12-16-8-4-3-5-9-16/h3-11H,2,12-15H2,1H3,(H,22,25). The summed E-state index contributed by atoms with van der Waals surface area (Å²) in [6, 6.07) is 16.6. The van der Waals surface area contributed by atoms with E-state index < -0.39 is 5.69 Å². The number of hydrogen-bond acceptors (Lipinski definition) is 3. The number of aromatic nitrogens is 2. The lowest BCUT2D eigenvalue weighted by molar-refractivity contribution is -0.121. The van der Waals surface area contributed by atoms with Crippen LogP contribution < -0.4 is 16.6 Å². The Hall–Kier alpha value is -3.15. The van der Waals surface area contributed by atoms with Crippen molar-refractivity contribution in [3.05, 3.63) is 81.0 Å². The molecule has 3 aromatic rings.